The van der Waals surface area contributed by atoms with E-state index in [1.807, 2.05) is 84.9 Å². The smallest absolute Gasteiger partial charge is 0.269 e. The van der Waals surface area contributed by atoms with Gasteiger partial charge in [-0.2, -0.15) is 0 Å². The molecule has 1 fully saturated rings. The van der Waals surface area contributed by atoms with Crippen LogP contribution in [0.2, 0.25) is 0 Å². The minimum atomic E-state index is -0.254. The fourth-order valence-electron chi connectivity index (χ4n) is 4.15. The number of thioether (sulfide) groups is 1. The third kappa shape index (κ3) is 6.59. The van der Waals surface area contributed by atoms with E-state index in [0.29, 0.717) is 33.0 Å². The summed E-state index contributed by atoms with van der Waals surface area (Å²) in [5, 5.41) is 3.24. The van der Waals surface area contributed by atoms with Crippen LogP contribution in [0, 0.1) is 0 Å². The van der Waals surface area contributed by atoms with E-state index in [2.05, 4.69) is 10.3 Å². The highest BCUT2D eigenvalue weighted by molar-refractivity contribution is 8.18. The van der Waals surface area contributed by atoms with E-state index in [1.54, 1.807) is 36.3 Å². The summed E-state index contributed by atoms with van der Waals surface area (Å²) in [6, 6.07) is 31.4. The maximum atomic E-state index is 13.3. The van der Waals surface area contributed by atoms with Gasteiger partial charge < -0.3 is 19.5 Å². The molecular formula is C32H27N3O5S. The first-order valence-electron chi connectivity index (χ1n) is 12.7. The van der Waals surface area contributed by atoms with Crippen LogP contribution >= 0.6 is 11.8 Å². The van der Waals surface area contributed by atoms with E-state index < -0.39 is 0 Å². The number of amidine groups is 1. The molecule has 1 aliphatic rings. The van der Waals surface area contributed by atoms with Crippen LogP contribution in [0.25, 0.3) is 6.08 Å². The molecule has 5 rings (SSSR count). The number of para-hydroxylation sites is 4. The maximum Gasteiger partial charge on any atom is 0.269 e. The van der Waals surface area contributed by atoms with E-state index in [0.717, 1.165) is 16.9 Å². The molecule has 0 aromatic heterocycles. The molecule has 0 aliphatic carbocycles. The Morgan fingerprint density at radius 3 is 2.12 bits per heavy atom. The predicted molar refractivity (Wildman–Crippen MR) is 162 cm³/mol. The molecule has 2 amide bonds. The Bertz CT molecular complexity index is 1570. The van der Waals surface area contributed by atoms with Crippen LogP contribution in [0.5, 0.6) is 17.2 Å². The molecule has 1 aliphatic heterocycles. The number of rotatable bonds is 9. The first kappa shape index (κ1) is 27.5. The monoisotopic (exact) mass is 565 g/mol. The molecule has 41 heavy (non-hydrogen) atoms. The van der Waals surface area contributed by atoms with Gasteiger partial charge in [-0.15, -0.1) is 0 Å². The number of nitrogens with zero attached hydrogens (tertiary/aromatic N) is 2. The zero-order valence-electron chi connectivity index (χ0n) is 22.4. The molecule has 1 heterocycles. The summed E-state index contributed by atoms with van der Waals surface area (Å²) in [6.07, 6.45) is 1.74. The van der Waals surface area contributed by atoms with Crippen molar-refractivity contribution < 1.29 is 23.8 Å². The van der Waals surface area contributed by atoms with Gasteiger partial charge in [-0.25, -0.2) is 4.99 Å². The first-order chi connectivity index (χ1) is 20.1. The van der Waals surface area contributed by atoms with Gasteiger partial charge in [-0.1, -0.05) is 54.6 Å². The molecule has 1 saturated heterocycles. The SMILES string of the molecule is COc1ccccc1N=C1NC(=O)/C(=C\c2ccc(OCC(=O)N(c3ccccc3)c3ccccc3)c(OC)c2)S1. The summed E-state index contributed by atoms with van der Waals surface area (Å²) < 4.78 is 16.8. The van der Waals surface area contributed by atoms with Crippen molar-refractivity contribution in [1.29, 1.82) is 0 Å². The molecule has 0 bridgehead atoms. The average Bonchev–Trinajstić information content (AvgIpc) is 3.35. The molecule has 0 atom stereocenters. The summed E-state index contributed by atoms with van der Waals surface area (Å²) in [7, 11) is 3.10. The lowest BCUT2D eigenvalue weighted by molar-refractivity contribution is -0.120. The van der Waals surface area contributed by atoms with Crippen LogP contribution in [-0.2, 0) is 9.59 Å². The Kier molecular flexibility index (Phi) is 8.66. The number of nitrogens with one attached hydrogen (secondary N) is 1. The molecule has 0 saturated carbocycles. The van der Waals surface area contributed by atoms with Crippen LogP contribution < -0.4 is 24.4 Å². The molecule has 9 heteroatoms. The molecule has 206 valence electrons. The van der Waals surface area contributed by atoms with Crippen LogP contribution in [0.4, 0.5) is 17.1 Å². The molecular weight excluding hydrogens is 538 g/mol. The Balaban J connectivity index is 1.31. The minimum Gasteiger partial charge on any atom is -0.494 e. The third-order valence-corrected chi connectivity index (χ3v) is 6.98. The van der Waals surface area contributed by atoms with Gasteiger partial charge in [0.1, 0.15) is 11.4 Å². The largest absolute Gasteiger partial charge is 0.494 e. The highest BCUT2D eigenvalue weighted by atomic mass is 32.2. The molecule has 0 spiro atoms. The number of anilines is 2. The number of carbonyl (C=O) groups is 2. The summed E-state index contributed by atoms with van der Waals surface area (Å²) in [4.78, 5) is 32.6. The standard InChI is InChI=1S/C32H27N3O5S/c1-38-26-16-10-9-15-25(26)33-32-34-31(37)29(41-32)20-22-17-18-27(28(19-22)39-2)40-21-30(36)35(23-11-5-3-6-12-23)24-13-7-4-8-14-24/h3-20H,21H2,1-2H3,(H,33,34,37)/b29-20+. The van der Waals surface area contributed by atoms with E-state index >= 15 is 0 Å². The molecule has 0 radical (unpaired) electrons. The molecule has 0 unspecified atom stereocenters. The van der Waals surface area contributed by atoms with Crippen molar-refractivity contribution in [2.24, 2.45) is 4.99 Å². The van der Waals surface area contributed by atoms with Gasteiger partial charge in [0.15, 0.2) is 23.3 Å². The molecule has 1 N–H and O–H groups in total. The van der Waals surface area contributed by atoms with Crippen molar-refractivity contribution in [3.05, 3.63) is 114 Å². The van der Waals surface area contributed by atoms with E-state index in [1.165, 1.54) is 18.9 Å². The highest BCUT2D eigenvalue weighted by Gasteiger charge is 2.25. The van der Waals surface area contributed by atoms with Gasteiger partial charge >= 0.3 is 0 Å². The van der Waals surface area contributed by atoms with Gasteiger partial charge in [-0.3, -0.25) is 14.5 Å². The predicted octanol–water partition coefficient (Wildman–Crippen LogP) is 6.34. The lowest BCUT2D eigenvalue weighted by Gasteiger charge is -2.23. The first-order valence-corrected chi connectivity index (χ1v) is 13.5. The Hall–Kier alpha value is -5.02. The second kappa shape index (κ2) is 12.9. The summed E-state index contributed by atoms with van der Waals surface area (Å²) in [6.45, 7) is -0.207. The number of methoxy groups -OCH3 is 2. The van der Waals surface area contributed by atoms with E-state index in [9.17, 15) is 9.59 Å². The number of benzene rings is 4. The zero-order chi connectivity index (χ0) is 28.6. The fourth-order valence-corrected chi connectivity index (χ4v) is 4.99. The van der Waals surface area contributed by atoms with Crippen LogP contribution in [0.1, 0.15) is 5.56 Å². The van der Waals surface area contributed by atoms with Crippen LogP contribution in [-0.4, -0.2) is 37.8 Å². The topological polar surface area (TPSA) is 89.5 Å². The second-order valence-electron chi connectivity index (χ2n) is 8.75. The van der Waals surface area contributed by atoms with Crippen molar-refractivity contribution >= 4 is 51.9 Å². The van der Waals surface area contributed by atoms with Crippen molar-refractivity contribution in [3.8, 4) is 17.2 Å². The van der Waals surface area contributed by atoms with Crippen molar-refractivity contribution in [2.75, 3.05) is 25.7 Å². The third-order valence-electron chi connectivity index (χ3n) is 6.07. The Morgan fingerprint density at radius 2 is 1.46 bits per heavy atom. The Labute approximate surface area is 242 Å². The number of amides is 2. The van der Waals surface area contributed by atoms with Gasteiger partial charge in [0.05, 0.1) is 19.1 Å². The summed E-state index contributed by atoms with van der Waals surface area (Å²) >= 11 is 1.23. The number of ether oxygens (including phenoxy) is 3. The van der Waals surface area contributed by atoms with Gasteiger partial charge in [0.25, 0.3) is 11.8 Å². The molecule has 4 aromatic rings. The van der Waals surface area contributed by atoms with Crippen molar-refractivity contribution in [3.63, 3.8) is 0 Å². The summed E-state index contributed by atoms with van der Waals surface area (Å²) in [5.41, 5.74) is 2.83. The summed E-state index contributed by atoms with van der Waals surface area (Å²) in [5.74, 6) is 0.962. The van der Waals surface area contributed by atoms with E-state index in [4.69, 9.17) is 14.2 Å². The maximum absolute atomic E-state index is 13.3. The molecule has 8 nitrogen and oxygen atoms in total. The molecule has 4 aromatic carbocycles. The van der Waals surface area contributed by atoms with E-state index in [-0.39, 0.29) is 18.4 Å². The number of aliphatic imine (C=N–C) groups is 1. The number of hydrogen-bond acceptors (Lipinski definition) is 7. The lowest BCUT2D eigenvalue weighted by Crippen LogP contribution is -2.30. The zero-order valence-corrected chi connectivity index (χ0v) is 23.3. The Morgan fingerprint density at radius 1 is 0.829 bits per heavy atom. The number of hydrogen-bond donors (Lipinski definition) is 1. The second-order valence-corrected chi connectivity index (χ2v) is 9.78. The minimum absolute atomic E-state index is 0.207. The highest BCUT2D eigenvalue weighted by Crippen LogP contribution is 2.34. The fraction of sp³-hybridized carbons (Fsp3) is 0.0938. The van der Waals surface area contributed by atoms with Crippen LogP contribution in [0.3, 0.4) is 0 Å². The quantitative estimate of drug-likeness (QED) is 0.238. The lowest BCUT2D eigenvalue weighted by atomic mass is 10.2. The van der Waals surface area contributed by atoms with Gasteiger partial charge in [-0.05, 0) is 71.9 Å². The average molecular weight is 566 g/mol. The van der Waals surface area contributed by atoms with Crippen LogP contribution in [0.15, 0.2) is 113 Å². The van der Waals surface area contributed by atoms with Crippen molar-refractivity contribution in [2.45, 2.75) is 0 Å². The normalized spacial score (nSPS) is 14.5. The van der Waals surface area contributed by atoms with Gasteiger partial charge in [0, 0.05) is 11.4 Å². The van der Waals surface area contributed by atoms with Gasteiger partial charge in [0.2, 0.25) is 0 Å². The van der Waals surface area contributed by atoms with Crippen molar-refractivity contribution in [1.82, 2.24) is 5.32 Å². The number of carbonyl (C=O) groups excluding carboxylic acids is 2.